The van der Waals surface area contributed by atoms with Gasteiger partial charge in [0.2, 0.25) is 0 Å². The first-order chi connectivity index (χ1) is 9.11. The van der Waals surface area contributed by atoms with Crippen LogP contribution in [0.25, 0.3) is 0 Å². The number of aromatic nitrogens is 1. The van der Waals surface area contributed by atoms with E-state index in [1.165, 1.54) is 12.0 Å². The Hall–Kier alpha value is -1.13. The Morgan fingerprint density at radius 2 is 2.32 bits per heavy atom. The van der Waals surface area contributed by atoms with Crippen LogP contribution in [0.3, 0.4) is 0 Å². The lowest BCUT2D eigenvalue weighted by molar-refractivity contribution is 0.315. The molecule has 2 heterocycles. The fourth-order valence-electron chi connectivity index (χ4n) is 2.66. The normalized spacial score (nSPS) is 21.1. The van der Waals surface area contributed by atoms with Crippen LogP contribution < -0.4 is 10.6 Å². The van der Waals surface area contributed by atoms with Gasteiger partial charge < -0.3 is 15.5 Å². The van der Waals surface area contributed by atoms with Crippen LogP contribution in [0.1, 0.15) is 25.3 Å². The highest BCUT2D eigenvalue weighted by Crippen LogP contribution is 2.24. The molecule has 106 valence electrons. The van der Waals surface area contributed by atoms with Gasteiger partial charge in [-0.25, -0.2) is 4.98 Å². The molecule has 2 N–H and O–H groups in total. The molecule has 1 aromatic heterocycles. The van der Waals surface area contributed by atoms with E-state index >= 15 is 0 Å². The summed E-state index contributed by atoms with van der Waals surface area (Å²) < 4.78 is 0. The van der Waals surface area contributed by atoms with E-state index < -0.39 is 0 Å². The molecule has 1 aliphatic heterocycles. The predicted octanol–water partition coefficient (Wildman–Crippen LogP) is 1.50. The van der Waals surface area contributed by atoms with Gasteiger partial charge in [0.1, 0.15) is 5.82 Å². The molecule has 2 atom stereocenters. The van der Waals surface area contributed by atoms with Crippen molar-refractivity contribution >= 4 is 5.82 Å². The quantitative estimate of drug-likeness (QED) is 0.873. The molecule has 1 fully saturated rings. The highest BCUT2D eigenvalue weighted by atomic mass is 15.3. The molecule has 0 aliphatic carbocycles. The second-order valence-corrected chi connectivity index (χ2v) is 5.71. The van der Waals surface area contributed by atoms with Crippen molar-refractivity contribution in [3.05, 3.63) is 23.9 Å². The van der Waals surface area contributed by atoms with Gasteiger partial charge in [-0.1, -0.05) is 13.0 Å². The largest absolute Gasteiger partial charge is 0.355 e. The van der Waals surface area contributed by atoms with Crippen LogP contribution in [0.15, 0.2) is 18.3 Å². The van der Waals surface area contributed by atoms with Crippen molar-refractivity contribution in [2.45, 2.75) is 38.3 Å². The van der Waals surface area contributed by atoms with E-state index in [4.69, 9.17) is 5.73 Å². The number of hydrogen-bond donors (Lipinski definition) is 1. The van der Waals surface area contributed by atoms with Crippen LogP contribution in [0.2, 0.25) is 0 Å². The van der Waals surface area contributed by atoms with Crippen LogP contribution in [-0.4, -0.2) is 49.2 Å². The zero-order valence-corrected chi connectivity index (χ0v) is 12.3. The summed E-state index contributed by atoms with van der Waals surface area (Å²) in [4.78, 5) is 9.30. The van der Waals surface area contributed by atoms with Crippen LogP contribution in [-0.2, 0) is 6.42 Å². The van der Waals surface area contributed by atoms with Gasteiger partial charge in [-0.2, -0.15) is 0 Å². The second kappa shape index (κ2) is 6.35. The standard InChI is InChI=1S/C15H26N4/c1-4-13(16)10-12-6-5-8-17-15(12)19-9-7-14(11-19)18(2)3/h5-6,8,13-14H,4,7,9-11,16H2,1-3H3. The molecule has 0 aromatic carbocycles. The molecule has 1 saturated heterocycles. The third kappa shape index (κ3) is 3.45. The van der Waals surface area contributed by atoms with Gasteiger partial charge in [-0.05, 0) is 45.0 Å². The van der Waals surface area contributed by atoms with Crippen molar-refractivity contribution in [3.63, 3.8) is 0 Å². The first-order valence-electron chi connectivity index (χ1n) is 7.22. The Kier molecular flexibility index (Phi) is 4.77. The minimum Gasteiger partial charge on any atom is -0.355 e. The Labute approximate surface area is 116 Å². The zero-order valence-electron chi connectivity index (χ0n) is 12.3. The first kappa shape index (κ1) is 14.3. The molecule has 0 amide bonds. The second-order valence-electron chi connectivity index (χ2n) is 5.71. The maximum Gasteiger partial charge on any atom is 0.131 e. The maximum absolute atomic E-state index is 6.09. The van der Waals surface area contributed by atoms with Crippen molar-refractivity contribution in [1.29, 1.82) is 0 Å². The van der Waals surface area contributed by atoms with Gasteiger partial charge in [0.05, 0.1) is 0 Å². The molecule has 4 heteroatoms. The number of rotatable bonds is 5. The third-order valence-electron chi connectivity index (χ3n) is 4.07. The molecule has 1 aromatic rings. The van der Waals surface area contributed by atoms with E-state index in [2.05, 4.69) is 41.9 Å². The van der Waals surface area contributed by atoms with Gasteiger partial charge in [-0.3, -0.25) is 0 Å². The van der Waals surface area contributed by atoms with Crippen molar-refractivity contribution in [3.8, 4) is 0 Å². The fraction of sp³-hybridized carbons (Fsp3) is 0.667. The summed E-state index contributed by atoms with van der Waals surface area (Å²) in [5.41, 5.74) is 7.38. The lowest BCUT2D eigenvalue weighted by Crippen LogP contribution is -2.32. The highest BCUT2D eigenvalue weighted by Gasteiger charge is 2.26. The maximum atomic E-state index is 6.09. The Bertz CT molecular complexity index is 405. The van der Waals surface area contributed by atoms with Crippen molar-refractivity contribution in [2.24, 2.45) is 5.73 Å². The summed E-state index contributed by atoms with van der Waals surface area (Å²) >= 11 is 0. The van der Waals surface area contributed by atoms with E-state index in [0.29, 0.717) is 6.04 Å². The van der Waals surface area contributed by atoms with E-state index in [9.17, 15) is 0 Å². The molecule has 2 rings (SSSR count). The summed E-state index contributed by atoms with van der Waals surface area (Å²) in [7, 11) is 4.31. The SMILES string of the molecule is CCC(N)Cc1cccnc1N1CCC(N(C)C)C1. The Morgan fingerprint density at radius 1 is 1.53 bits per heavy atom. The Morgan fingerprint density at radius 3 is 2.95 bits per heavy atom. The van der Waals surface area contributed by atoms with Crippen LogP contribution >= 0.6 is 0 Å². The van der Waals surface area contributed by atoms with Crippen molar-refractivity contribution in [2.75, 3.05) is 32.1 Å². The summed E-state index contributed by atoms with van der Waals surface area (Å²) in [6, 6.07) is 5.05. The highest BCUT2D eigenvalue weighted by molar-refractivity contribution is 5.48. The monoisotopic (exact) mass is 262 g/mol. The molecule has 0 bridgehead atoms. The van der Waals surface area contributed by atoms with E-state index in [0.717, 1.165) is 31.7 Å². The number of nitrogens with two attached hydrogens (primary N) is 1. The van der Waals surface area contributed by atoms with Crippen molar-refractivity contribution < 1.29 is 0 Å². The molecule has 19 heavy (non-hydrogen) atoms. The van der Waals surface area contributed by atoms with Crippen molar-refractivity contribution in [1.82, 2.24) is 9.88 Å². The van der Waals surface area contributed by atoms with E-state index in [-0.39, 0.29) is 6.04 Å². The lowest BCUT2D eigenvalue weighted by atomic mass is 10.1. The Balaban J connectivity index is 2.12. The number of likely N-dealkylation sites (N-methyl/N-ethyl adjacent to an activating group) is 1. The summed E-state index contributed by atoms with van der Waals surface area (Å²) in [6.07, 6.45) is 5.03. The molecule has 0 radical (unpaired) electrons. The van der Waals surface area contributed by atoms with Gasteiger partial charge in [0.15, 0.2) is 0 Å². The number of hydrogen-bond acceptors (Lipinski definition) is 4. The van der Waals surface area contributed by atoms with Gasteiger partial charge in [-0.15, -0.1) is 0 Å². The van der Waals surface area contributed by atoms with E-state index in [1.54, 1.807) is 0 Å². The van der Waals surface area contributed by atoms with Crippen LogP contribution in [0.5, 0.6) is 0 Å². The smallest absolute Gasteiger partial charge is 0.131 e. The molecule has 0 spiro atoms. The fourth-order valence-corrected chi connectivity index (χ4v) is 2.66. The minimum absolute atomic E-state index is 0.232. The molecule has 2 unspecified atom stereocenters. The number of pyridine rings is 1. The number of anilines is 1. The predicted molar refractivity (Wildman–Crippen MR) is 80.5 cm³/mol. The van der Waals surface area contributed by atoms with Gasteiger partial charge in [0.25, 0.3) is 0 Å². The van der Waals surface area contributed by atoms with Gasteiger partial charge >= 0.3 is 0 Å². The minimum atomic E-state index is 0.232. The average Bonchev–Trinajstić information content (AvgIpc) is 2.89. The topological polar surface area (TPSA) is 45.4 Å². The third-order valence-corrected chi connectivity index (χ3v) is 4.07. The lowest BCUT2D eigenvalue weighted by Gasteiger charge is -2.23. The van der Waals surface area contributed by atoms with Crippen LogP contribution in [0, 0.1) is 0 Å². The van der Waals surface area contributed by atoms with E-state index in [1.807, 2.05) is 12.3 Å². The first-order valence-corrected chi connectivity index (χ1v) is 7.22. The average molecular weight is 262 g/mol. The van der Waals surface area contributed by atoms with Crippen LogP contribution in [0.4, 0.5) is 5.82 Å². The zero-order chi connectivity index (χ0) is 13.8. The molecule has 4 nitrogen and oxygen atoms in total. The van der Waals surface area contributed by atoms with Gasteiger partial charge in [0, 0.05) is 31.4 Å². The number of nitrogens with zero attached hydrogens (tertiary/aromatic N) is 3. The molecular weight excluding hydrogens is 236 g/mol. The summed E-state index contributed by atoms with van der Waals surface area (Å²) in [5, 5.41) is 0. The molecular formula is C15H26N4. The summed E-state index contributed by atoms with van der Waals surface area (Å²) in [6.45, 7) is 4.30. The summed E-state index contributed by atoms with van der Waals surface area (Å²) in [5.74, 6) is 1.13. The molecule has 0 saturated carbocycles. The molecule has 1 aliphatic rings.